The largest absolute Gasteiger partial charge is 0.398 e. The van der Waals surface area contributed by atoms with E-state index in [2.05, 4.69) is 4.72 Å². The second-order valence-corrected chi connectivity index (χ2v) is 6.01. The highest BCUT2D eigenvalue weighted by molar-refractivity contribution is 7.89. The summed E-state index contributed by atoms with van der Waals surface area (Å²) >= 11 is 0. The molecule has 19 heavy (non-hydrogen) atoms. The van der Waals surface area contributed by atoms with E-state index in [4.69, 9.17) is 5.73 Å². The maximum Gasteiger partial charge on any atom is 0.243 e. The number of nitrogen functional groups attached to an aromatic ring is 1. The molecule has 0 unspecified atom stereocenters. The average Bonchev–Trinajstić information content (AvgIpc) is 2.34. The SMILES string of the molecule is CCN(C)C(=O)CNS(=O)(=O)c1ccc(C)cc1N. The van der Waals surface area contributed by atoms with Crippen LogP contribution in [0.5, 0.6) is 0 Å². The fourth-order valence-electron chi connectivity index (χ4n) is 1.46. The van der Waals surface area contributed by atoms with Crippen molar-refractivity contribution >= 4 is 21.6 Å². The highest BCUT2D eigenvalue weighted by Gasteiger charge is 2.19. The van der Waals surface area contributed by atoms with Gasteiger partial charge in [0.05, 0.1) is 12.2 Å². The molecule has 1 aromatic rings. The highest BCUT2D eigenvalue weighted by Crippen LogP contribution is 2.18. The molecule has 6 nitrogen and oxygen atoms in total. The summed E-state index contributed by atoms with van der Waals surface area (Å²) in [5.41, 5.74) is 6.73. The predicted octanol–water partition coefficient (Wildman–Crippen LogP) is 0.334. The number of amides is 1. The number of aryl methyl sites for hydroxylation is 1. The van der Waals surface area contributed by atoms with Gasteiger partial charge < -0.3 is 10.6 Å². The third-order valence-electron chi connectivity index (χ3n) is 2.77. The Morgan fingerprint density at radius 1 is 1.42 bits per heavy atom. The summed E-state index contributed by atoms with van der Waals surface area (Å²) in [6, 6.07) is 4.67. The number of anilines is 1. The Kier molecular flexibility index (Phi) is 4.90. The number of likely N-dealkylation sites (N-methyl/N-ethyl adjacent to an activating group) is 1. The molecule has 0 saturated carbocycles. The lowest BCUT2D eigenvalue weighted by Crippen LogP contribution is -2.38. The van der Waals surface area contributed by atoms with Crippen LogP contribution >= 0.6 is 0 Å². The molecule has 0 aromatic heterocycles. The van der Waals surface area contributed by atoms with Crippen LogP contribution in [0.3, 0.4) is 0 Å². The molecule has 0 aliphatic carbocycles. The van der Waals surface area contributed by atoms with Crippen LogP contribution in [0.1, 0.15) is 12.5 Å². The van der Waals surface area contributed by atoms with Crippen LogP contribution in [0, 0.1) is 6.92 Å². The van der Waals surface area contributed by atoms with Crippen LogP contribution in [0.2, 0.25) is 0 Å². The number of nitrogens with zero attached hydrogens (tertiary/aromatic N) is 1. The summed E-state index contributed by atoms with van der Waals surface area (Å²) in [4.78, 5) is 13.0. The molecular weight excluding hydrogens is 266 g/mol. The van der Waals surface area contributed by atoms with E-state index < -0.39 is 10.0 Å². The van der Waals surface area contributed by atoms with Crippen molar-refractivity contribution in [2.75, 3.05) is 25.9 Å². The molecule has 0 spiro atoms. The molecule has 1 rings (SSSR count). The van der Waals surface area contributed by atoms with E-state index in [9.17, 15) is 13.2 Å². The quantitative estimate of drug-likeness (QED) is 0.763. The van der Waals surface area contributed by atoms with E-state index in [-0.39, 0.29) is 23.0 Å². The minimum Gasteiger partial charge on any atom is -0.398 e. The first-order valence-corrected chi connectivity index (χ1v) is 7.36. The Morgan fingerprint density at radius 2 is 2.05 bits per heavy atom. The van der Waals surface area contributed by atoms with Crippen LogP contribution in [0.4, 0.5) is 5.69 Å². The number of hydrogen-bond donors (Lipinski definition) is 2. The van der Waals surface area contributed by atoms with Crippen LogP contribution in [-0.4, -0.2) is 39.4 Å². The molecule has 0 saturated heterocycles. The number of rotatable bonds is 5. The standard InChI is InChI=1S/C12H19N3O3S/c1-4-15(3)12(16)8-14-19(17,18)11-6-5-9(2)7-10(11)13/h5-7,14H,4,8,13H2,1-3H3. The molecular formula is C12H19N3O3S. The second kappa shape index (κ2) is 6.03. The summed E-state index contributed by atoms with van der Waals surface area (Å²) < 4.78 is 26.3. The zero-order valence-electron chi connectivity index (χ0n) is 11.3. The van der Waals surface area contributed by atoms with Crippen LogP contribution in [0.15, 0.2) is 23.1 Å². The first-order valence-electron chi connectivity index (χ1n) is 5.87. The Balaban J connectivity index is 2.85. The minimum absolute atomic E-state index is 0.00921. The Morgan fingerprint density at radius 3 is 2.58 bits per heavy atom. The van der Waals surface area contributed by atoms with Gasteiger partial charge in [-0.25, -0.2) is 13.1 Å². The second-order valence-electron chi connectivity index (χ2n) is 4.27. The van der Waals surface area contributed by atoms with Crippen LogP contribution in [0.25, 0.3) is 0 Å². The highest BCUT2D eigenvalue weighted by atomic mass is 32.2. The number of carbonyl (C=O) groups is 1. The smallest absolute Gasteiger partial charge is 0.243 e. The third kappa shape index (κ3) is 3.93. The zero-order valence-corrected chi connectivity index (χ0v) is 12.1. The maximum absolute atomic E-state index is 12.0. The fourth-order valence-corrected chi connectivity index (χ4v) is 2.54. The van der Waals surface area contributed by atoms with Gasteiger partial charge in [0.1, 0.15) is 4.90 Å². The van der Waals surface area contributed by atoms with Gasteiger partial charge in [0.2, 0.25) is 15.9 Å². The lowest BCUT2D eigenvalue weighted by Gasteiger charge is -2.15. The van der Waals surface area contributed by atoms with Crippen molar-refractivity contribution < 1.29 is 13.2 Å². The molecule has 0 fully saturated rings. The van der Waals surface area contributed by atoms with Crippen LogP contribution in [-0.2, 0) is 14.8 Å². The van der Waals surface area contributed by atoms with Crippen LogP contribution < -0.4 is 10.5 Å². The van der Waals surface area contributed by atoms with Gasteiger partial charge in [0.15, 0.2) is 0 Å². The average molecular weight is 285 g/mol. The van der Waals surface area contributed by atoms with Gasteiger partial charge in [-0.15, -0.1) is 0 Å². The van der Waals surface area contributed by atoms with Crippen molar-refractivity contribution in [3.8, 4) is 0 Å². The van der Waals surface area contributed by atoms with E-state index in [0.29, 0.717) is 6.54 Å². The molecule has 1 aromatic carbocycles. The summed E-state index contributed by atoms with van der Waals surface area (Å²) in [7, 11) is -2.16. The van der Waals surface area contributed by atoms with E-state index >= 15 is 0 Å². The number of benzene rings is 1. The van der Waals surface area contributed by atoms with Crippen molar-refractivity contribution in [1.29, 1.82) is 0 Å². The van der Waals surface area contributed by atoms with Gasteiger partial charge in [-0.3, -0.25) is 4.79 Å². The van der Waals surface area contributed by atoms with E-state index in [1.54, 1.807) is 19.2 Å². The first kappa shape index (κ1) is 15.5. The number of nitrogens with one attached hydrogen (secondary N) is 1. The topological polar surface area (TPSA) is 92.5 Å². The van der Waals surface area contributed by atoms with Crippen molar-refractivity contribution in [1.82, 2.24) is 9.62 Å². The molecule has 0 radical (unpaired) electrons. The Hall–Kier alpha value is -1.60. The first-order chi connectivity index (χ1) is 8.77. The minimum atomic E-state index is -3.77. The van der Waals surface area contributed by atoms with Gasteiger partial charge in [0, 0.05) is 13.6 Å². The fraction of sp³-hybridized carbons (Fsp3) is 0.417. The van der Waals surface area contributed by atoms with Gasteiger partial charge in [-0.2, -0.15) is 0 Å². The van der Waals surface area contributed by atoms with E-state index in [1.807, 2.05) is 13.8 Å². The molecule has 0 aliphatic rings. The summed E-state index contributed by atoms with van der Waals surface area (Å²) in [5.74, 6) is -0.295. The molecule has 1 amide bonds. The van der Waals surface area contributed by atoms with Gasteiger partial charge in [-0.1, -0.05) is 6.07 Å². The molecule has 0 heterocycles. The molecule has 0 aliphatic heterocycles. The lowest BCUT2D eigenvalue weighted by molar-refractivity contribution is -0.128. The van der Waals surface area contributed by atoms with E-state index in [1.165, 1.54) is 11.0 Å². The molecule has 0 atom stereocenters. The van der Waals surface area contributed by atoms with Crippen molar-refractivity contribution in [3.05, 3.63) is 23.8 Å². The zero-order chi connectivity index (χ0) is 14.6. The van der Waals surface area contributed by atoms with Crippen molar-refractivity contribution in [3.63, 3.8) is 0 Å². The molecule has 7 heteroatoms. The molecule has 3 N–H and O–H groups in total. The van der Waals surface area contributed by atoms with Gasteiger partial charge >= 0.3 is 0 Å². The van der Waals surface area contributed by atoms with Gasteiger partial charge in [0.25, 0.3) is 0 Å². The van der Waals surface area contributed by atoms with Gasteiger partial charge in [-0.05, 0) is 31.5 Å². The summed E-state index contributed by atoms with van der Waals surface area (Å²) in [6.45, 7) is 3.87. The Bertz CT molecular complexity index is 570. The monoisotopic (exact) mass is 285 g/mol. The normalized spacial score (nSPS) is 11.3. The molecule has 0 bridgehead atoms. The maximum atomic E-state index is 12.0. The summed E-state index contributed by atoms with van der Waals surface area (Å²) in [6.07, 6.45) is 0. The molecule has 106 valence electrons. The summed E-state index contributed by atoms with van der Waals surface area (Å²) in [5, 5.41) is 0. The predicted molar refractivity (Wildman–Crippen MR) is 74.1 cm³/mol. The number of hydrogen-bond acceptors (Lipinski definition) is 4. The number of sulfonamides is 1. The van der Waals surface area contributed by atoms with E-state index in [0.717, 1.165) is 5.56 Å². The lowest BCUT2D eigenvalue weighted by atomic mass is 10.2. The third-order valence-corrected chi connectivity index (χ3v) is 4.24. The number of carbonyl (C=O) groups excluding carboxylic acids is 1. The number of nitrogens with two attached hydrogens (primary N) is 1. The van der Waals surface area contributed by atoms with Crippen molar-refractivity contribution in [2.24, 2.45) is 0 Å². The Labute approximate surface area is 113 Å². The van der Waals surface area contributed by atoms with Crippen molar-refractivity contribution in [2.45, 2.75) is 18.7 Å².